The van der Waals surface area contributed by atoms with Crippen LogP contribution in [0.5, 0.6) is 0 Å². The highest BCUT2D eigenvalue weighted by molar-refractivity contribution is 7.26. The average molecular weight is 395 g/mol. The molecule has 0 aliphatic rings. The average Bonchev–Trinajstić information content (AvgIpc) is 3.12. The van der Waals surface area contributed by atoms with Crippen LogP contribution in [0.2, 0.25) is 0 Å². The van der Waals surface area contributed by atoms with Gasteiger partial charge in [0.05, 0.1) is 15.9 Å². The molecule has 0 unspecified atom stereocenters. The molecule has 2 heterocycles. The van der Waals surface area contributed by atoms with Gasteiger partial charge in [0.1, 0.15) is 5.82 Å². The van der Waals surface area contributed by atoms with Gasteiger partial charge < -0.3 is 0 Å². The summed E-state index contributed by atoms with van der Waals surface area (Å²) in [6, 6.07) is 27.7. The largest absolute Gasteiger partial charge is 0.231 e. The summed E-state index contributed by atoms with van der Waals surface area (Å²) >= 11 is 1.78. The second-order valence-electron chi connectivity index (χ2n) is 8.37. The summed E-state index contributed by atoms with van der Waals surface area (Å²) in [5, 5.41) is 1.21. The molecular formula is C26H22N2S. The number of nitrogens with zero attached hydrogens (tertiary/aromatic N) is 2. The van der Waals surface area contributed by atoms with Crippen LogP contribution < -0.4 is 0 Å². The van der Waals surface area contributed by atoms with Crippen molar-refractivity contribution in [2.75, 3.05) is 0 Å². The lowest BCUT2D eigenvalue weighted by Crippen LogP contribution is -2.16. The Hall–Kier alpha value is -3.04. The predicted octanol–water partition coefficient (Wildman–Crippen LogP) is 7.48. The van der Waals surface area contributed by atoms with E-state index in [4.69, 9.17) is 9.97 Å². The molecule has 0 fully saturated rings. The van der Waals surface area contributed by atoms with Crippen molar-refractivity contribution in [3.05, 3.63) is 84.7 Å². The molecule has 3 aromatic carbocycles. The first-order valence-electron chi connectivity index (χ1n) is 9.86. The van der Waals surface area contributed by atoms with E-state index in [1.54, 1.807) is 11.3 Å². The second kappa shape index (κ2) is 6.78. The quantitative estimate of drug-likeness (QED) is 0.310. The minimum absolute atomic E-state index is 0.122. The monoisotopic (exact) mass is 394 g/mol. The highest BCUT2D eigenvalue weighted by Gasteiger charge is 2.22. The summed E-state index contributed by atoms with van der Waals surface area (Å²) in [6.45, 7) is 6.52. The zero-order valence-electron chi connectivity index (χ0n) is 16.8. The van der Waals surface area contributed by atoms with Crippen LogP contribution >= 0.6 is 11.3 Å². The highest BCUT2D eigenvalue weighted by Crippen LogP contribution is 2.40. The minimum Gasteiger partial charge on any atom is -0.231 e. The van der Waals surface area contributed by atoms with Gasteiger partial charge in [-0.05, 0) is 23.3 Å². The van der Waals surface area contributed by atoms with Gasteiger partial charge >= 0.3 is 0 Å². The fourth-order valence-electron chi connectivity index (χ4n) is 3.60. The van der Waals surface area contributed by atoms with Gasteiger partial charge in [-0.2, -0.15) is 0 Å². The Labute approximate surface area is 174 Å². The fourth-order valence-corrected chi connectivity index (χ4v) is 4.75. The third-order valence-electron chi connectivity index (χ3n) is 5.13. The van der Waals surface area contributed by atoms with Crippen molar-refractivity contribution in [1.29, 1.82) is 0 Å². The van der Waals surface area contributed by atoms with Crippen LogP contribution in [-0.4, -0.2) is 9.97 Å². The number of rotatable bonds is 2. The molecule has 0 aliphatic carbocycles. The Bertz CT molecular complexity index is 1330. The molecule has 142 valence electrons. The molecule has 0 saturated carbocycles. The van der Waals surface area contributed by atoms with E-state index < -0.39 is 0 Å². The molecule has 0 radical (unpaired) electrons. The Morgan fingerprint density at radius 3 is 2.17 bits per heavy atom. The molecule has 0 saturated heterocycles. The molecule has 0 amide bonds. The molecule has 0 atom stereocenters. The summed E-state index contributed by atoms with van der Waals surface area (Å²) < 4.78 is 2.41. The maximum Gasteiger partial charge on any atom is 0.135 e. The van der Waals surface area contributed by atoms with Gasteiger partial charge in [-0.1, -0.05) is 87.5 Å². The number of thiophene rings is 1. The van der Waals surface area contributed by atoms with E-state index in [2.05, 4.69) is 93.6 Å². The van der Waals surface area contributed by atoms with E-state index in [9.17, 15) is 0 Å². The van der Waals surface area contributed by atoms with Crippen LogP contribution in [0.1, 0.15) is 26.6 Å². The van der Waals surface area contributed by atoms with E-state index in [1.807, 2.05) is 6.07 Å². The van der Waals surface area contributed by atoms with Crippen LogP contribution in [0.15, 0.2) is 78.9 Å². The van der Waals surface area contributed by atoms with Crippen molar-refractivity contribution in [2.45, 2.75) is 26.2 Å². The summed E-state index contributed by atoms with van der Waals surface area (Å²) in [5.41, 5.74) is 5.52. The number of benzene rings is 3. The topological polar surface area (TPSA) is 25.8 Å². The molecule has 29 heavy (non-hydrogen) atoms. The first kappa shape index (κ1) is 18.0. The third kappa shape index (κ3) is 3.22. The molecule has 2 nitrogen and oxygen atoms in total. The predicted molar refractivity (Wildman–Crippen MR) is 124 cm³/mol. The van der Waals surface area contributed by atoms with E-state index in [1.165, 1.54) is 21.2 Å². The van der Waals surface area contributed by atoms with Crippen molar-refractivity contribution >= 4 is 31.6 Å². The standard InChI is InChI=1S/C26H22N2S/c1-26(2,3)25-27-22(24-23(28-25)20-14-7-8-15-21(20)29-24)19-13-9-12-18(16-19)17-10-5-4-6-11-17/h4-16H,1-3H3. The number of fused-ring (bicyclic) bond motifs is 3. The van der Waals surface area contributed by atoms with Crippen molar-refractivity contribution in [1.82, 2.24) is 9.97 Å². The van der Waals surface area contributed by atoms with Crippen LogP contribution in [0.3, 0.4) is 0 Å². The number of hydrogen-bond acceptors (Lipinski definition) is 3. The van der Waals surface area contributed by atoms with Gasteiger partial charge in [0, 0.05) is 21.1 Å². The van der Waals surface area contributed by atoms with E-state index in [0.29, 0.717) is 0 Å². The van der Waals surface area contributed by atoms with E-state index in [-0.39, 0.29) is 5.41 Å². The minimum atomic E-state index is -0.122. The first-order chi connectivity index (χ1) is 14.0. The highest BCUT2D eigenvalue weighted by atomic mass is 32.1. The molecule has 2 aromatic heterocycles. The van der Waals surface area contributed by atoms with E-state index in [0.717, 1.165) is 27.3 Å². The Morgan fingerprint density at radius 1 is 0.690 bits per heavy atom. The van der Waals surface area contributed by atoms with Crippen LogP contribution in [0.25, 0.3) is 42.7 Å². The van der Waals surface area contributed by atoms with Crippen molar-refractivity contribution < 1.29 is 0 Å². The van der Waals surface area contributed by atoms with Gasteiger partial charge in [0.15, 0.2) is 0 Å². The third-order valence-corrected chi connectivity index (χ3v) is 6.30. The van der Waals surface area contributed by atoms with Crippen molar-refractivity contribution in [3.63, 3.8) is 0 Å². The van der Waals surface area contributed by atoms with Crippen LogP contribution in [-0.2, 0) is 5.41 Å². The summed E-state index contributed by atoms with van der Waals surface area (Å²) in [5.74, 6) is 0.883. The second-order valence-corrected chi connectivity index (χ2v) is 9.42. The molecule has 5 aromatic rings. The molecular weight excluding hydrogens is 372 g/mol. The van der Waals surface area contributed by atoms with Crippen molar-refractivity contribution in [3.8, 4) is 22.4 Å². The maximum atomic E-state index is 5.07. The summed E-state index contributed by atoms with van der Waals surface area (Å²) in [6.07, 6.45) is 0. The number of hydrogen-bond donors (Lipinski definition) is 0. The molecule has 0 spiro atoms. The van der Waals surface area contributed by atoms with Crippen LogP contribution in [0, 0.1) is 0 Å². The Morgan fingerprint density at radius 2 is 1.38 bits per heavy atom. The lowest BCUT2D eigenvalue weighted by atomic mass is 9.95. The summed E-state index contributed by atoms with van der Waals surface area (Å²) in [7, 11) is 0. The van der Waals surface area contributed by atoms with Gasteiger partial charge in [0.25, 0.3) is 0 Å². The zero-order valence-corrected chi connectivity index (χ0v) is 17.6. The fraction of sp³-hybridized carbons (Fsp3) is 0.154. The smallest absolute Gasteiger partial charge is 0.135 e. The van der Waals surface area contributed by atoms with Gasteiger partial charge in [-0.15, -0.1) is 11.3 Å². The lowest BCUT2D eigenvalue weighted by Gasteiger charge is -2.18. The van der Waals surface area contributed by atoms with Gasteiger partial charge in [-0.3, -0.25) is 0 Å². The molecule has 5 rings (SSSR count). The Balaban J connectivity index is 1.80. The summed E-state index contributed by atoms with van der Waals surface area (Å²) in [4.78, 5) is 10.1. The van der Waals surface area contributed by atoms with Gasteiger partial charge in [-0.25, -0.2) is 9.97 Å². The SMILES string of the molecule is CC(C)(C)c1nc(-c2cccc(-c3ccccc3)c2)c2sc3ccccc3c2n1. The molecule has 3 heteroatoms. The van der Waals surface area contributed by atoms with Crippen LogP contribution in [0.4, 0.5) is 0 Å². The van der Waals surface area contributed by atoms with E-state index >= 15 is 0 Å². The Kier molecular flexibility index (Phi) is 4.21. The normalized spacial score (nSPS) is 12.0. The van der Waals surface area contributed by atoms with Crippen molar-refractivity contribution in [2.24, 2.45) is 0 Å². The zero-order chi connectivity index (χ0) is 20.0. The van der Waals surface area contributed by atoms with Gasteiger partial charge in [0.2, 0.25) is 0 Å². The number of aromatic nitrogens is 2. The first-order valence-corrected chi connectivity index (χ1v) is 10.7. The maximum absolute atomic E-state index is 5.07. The lowest BCUT2D eigenvalue weighted by molar-refractivity contribution is 0.549. The molecule has 0 N–H and O–H groups in total. The molecule has 0 bridgehead atoms. The molecule has 0 aliphatic heterocycles.